The molecule has 6 aromatic rings. The molecule has 0 aliphatic carbocycles. The van der Waals surface area contributed by atoms with Crippen molar-refractivity contribution in [3.8, 4) is 0 Å². The fourth-order valence-electron chi connectivity index (χ4n) is 4.52. The molecule has 0 atom stereocenters. The second kappa shape index (κ2) is 11.7. The molecule has 0 spiro atoms. The van der Waals surface area contributed by atoms with Crippen LogP contribution in [0.3, 0.4) is 0 Å². The van der Waals surface area contributed by atoms with Crippen molar-refractivity contribution in [2.75, 3.05) is 0 Å². The van der Waals surface area contributed by atoms with Crippen LogP contribution in [0.5, 0.6) is 0 Å². The van der Waals surface area contributed by atoms with Crippen molar-refractivity contribution in [2.45, 2.75) is 0 Å². The van der Waals surface area contributed by atoms with Crippen molar-refractivity contribution >= 4 is 81.4 Å². The number of aromatic nitrogens is 4. The number of rotatable bonds is 0. The van der Waals surface area contributed by atoms with E-state index in [1.54, 1.807) is 73.3 Å². The maximum absolute atomic E-state index is 11.6. The summed E-state index contributed by atoms with van der Waals surface area (Å²) in [6.45, 7) is 0. The third kappa shape index (κ3) is 5.42. The summed E-state index contributed by atoms with van der Waals surface area (Å²) in [7, 11) is -7.59. The van der Waals surface area contributed by atoms with Crippen molar-refractivity contribution in [2.24, 2.45) is 17.6 Å². The minimum atomic E-state index is -3.79. The number of pyridine rings is 4. The molecule has 2 aromatic carbocycles. The molecule has 13 nitrogen and oxygen atoms in total. The Morgan fingerprint density at radius 3 is 0.952 bits per heavy atom. The Hall–Kier alpha value is -3.38. The van der Waals surface area contributed by atoms with Crippen molar-refractivity contribution in [1.82, 2.24) is 19.9 Å². The average Bonchev–Trinajstić information content (AvgIpc) is 3.49. The zero-order valence-corrected chi connectivity index (χ0v) is 26.9. The number of thiocarbonyl (C=S) groups is 1. The fraction of sp³-hybridized carbons (Fsp3) is 0. The second-order valence-electron chi connectivity index (χ2n) is 8.34. The number of hydrogen-bond donors (Lipinski definition) is 0. The molecule has 6 heterocycles. The number of fused-ring (bicyclic) bond motifs is 12. The molecule has 0 amide bonds. The molecule has 0 saturated heterocycles. The zero-order valence-electron chi connectivity index (χ0n) is 21.3. The van der Waals surface area contributed by atoms with Gasteiger partial charge in [0.25, 0.3) is 0 Å². The molecule has 0 bridgehead atoms. The van der Waals surface area contributed by atoms with Crippen LogP contribution in [0.1, 0.15) is 0 Å². The Kier molecular flexibility index (Phi) is 8.39. The first-order valence-electron chi connectivity index (χ1n) is 11.5. The zero-order chi connectivity index (χ0) is 28.8. The van der Waals surface area contributed by atoms with Crippen LogP contribution in [0.2, 0.25) is 0 Å². The molecular weight excluding hydrogens is 626 g/mol. The van der Waals surface area contributed by atoms with Gasteiger partial charge in [0.15, 0.2) is 0 Å². The molecule has 17 heteroatoms. The third-order valence-electron chi connectivity index (χ3n) is 5.98. The normalized spacial score (nSPS) is 14.7. The van der Waals surface area contributed by atoms with Crippen LogP contribution in [-0.4, -0.2) is 41.9 Å². The van der Waals surface area contributed by atoms with Crippen LogP contribution in [0.4, 0.5) is 0 Å². The van der Waals surface area contributed by atoms with Gasteiger partial charge in [-0.1, -0.05) is 12.2 Å². The topological polar surface area (TPSA) is 192 Å². The minimum absolute atomic E-state index is 0. The number of isothiocyanates is 1. The van der Waals surface area contributed by atoms with E-state index in [0.29, 0.717) is 65.0 Å². The first-order valence-corrected chi connectivity index (χ1v) is 14.7. The fourth-order valence-corrected chi connectivity index (χ4v) is 6.27. The number of hydrogen-bond acceptors (Lipinski definition) is 9. The SMILES string of the molecule is O=S1(=O)N=c2c(c3cccnc3c3ncccc23)=N1.O=S1(=O)N=c2c(c3cccnc3c3ncccc23)=N1.[K+].[N-]=C=S. The van der Waals surface area contributed by atoms with Crippen LogP contribution in [-0.2, 0) is 20.4 Å². The van der Waals surface area contributed by atoms with Gasteiger partial charge < -0.3 is 5.41 Å². The molecule has 0 fully saturated rings. The molecule has 2 aliphatic rings. The van der Waals surface area contributed by atoms with Gasteiger partial charge in [-0.2, -0.15) is 22.0 Å². The Morgan fingerprint density at radius 2 is 0.738 bits per heavy atom. The molecule has 4 aromatic heterocycles. The maximum atomic E-state index is 11.6. The van der Waals surface area contributed by atoms with E-state index in [2.05, 4.69) is 49.7 Å². The predicted octanol–water partition coefficient (Wildman–Crippen LogP) is -1.78. The van der Waals surface area contributed by atoms with Gasteiger partial charge in [0.2, 0.25) is 0 Å². The molecule has 200 valence electrons. The Labute approximate surface area is 284 Å². The van der Waals surface area contributed by atoms with Crippen LogP contribution >= 0.6 is 12.2 Å². The molecule has 0 radical (unpaired) electrons. The first-order chi connectivity index (χ1) is 19.7. The molecule has 0 N–H and O–H groups in total. The maximum Gasteiger partial charge on any atom is 1.00 e. The monoisotopic (exact) mass is 637 g/mol. The standard InChI is InChI=1S/2C12H6N4O2S.CNS.K/c2*17-19(18)15-11-7-3-1-5-13-9(7)10-8(12(11)16-19)4-2-6-14-10;2-1-3;/h2*1-6H;;/q;;-1;+1. The smallest absolute Gasteiger partial charge is 0.753 e. The van der Waals surface area contributed by atoms with Crippen molar-refractivity contribution < 1.29 is 68.2 Å². The van der Waals surface area contributed by atoms with Crippen LogP contribution < -0.4 is 72.8 Å². The van der Waals surface area contributed by atoms with Crippen molar-refractivity contribution in [3.63, 3.8) is 0 Å². The summed E-state index contributed by atoms with van der Waals surface area (Å²) in [6, 6.07) is 14.0. The van der Waals surface area contributed by atoms with Crippen LogP contribution in [0.15, 0.2) is 90.9 Å². The Bertz CT molecular complexity index is 2270. The van der Waals surface area contributed by atoms with Gasteiger partial charge in [-0.25, -0.2) is 0 Å². The van der Waals surface area contributed by atoms with E-state index >= 15 is 0 Å². The van der Waals surface area contributed by atoms with Gasteiger partial charge in [-0.05, 0) is 48.5 Å². The van der Waals surface area contributed by atoms with Crippen LogP contribution in [0, 0.1) is 0 Å². The Morgan fingerprint density at radius 1 is 0.524 bits per heavy atom. The van der Waals surface area contributed by atoms with Gasteiger partial charge in [-0.3, -0.25) is 19.9 Å². The van der Waals surface area contributed by atoms with Crippen molar-refractivity contribution in [1.29, 1.82) is 0 Å². The summed E-state index contributed by atoms with van der Waals surface area (Å²) < 4.78 is 61.2. The second-order valence-corrected chi connectivity index (χ2v) is 11.0. The minimum Gasteiger partial charge on any atom is -0.753 e. The summed E-state index contributed by atoms with van der Waals surface area (Å²) >= 11 is 3.70. The van der Waals surface area contributed by atoms with Gasteiger partial charge in [0.1, 0.15) is 21.4 Å². The summed E-state index contributed by atoms with van der Waals surface area (Å²) in [5, 5.41) is 12.5. The number of nitrogens with zero attached hydrogens (tertiary/aromatic N) is 9. The quantitative estimate of drug-likeness (QED) is 0.0802. The molecule has 2 aliphatic heterocycles. The van der Waals surface area contributed by atoms with Gasteiger partial charge in [-0.15, -0.1) is 17.6 Å². The molecule has 0 unspecified atom stereocenters. The molecular formula is C25H12KN9O4S3. The van der Waals surface area contributed by atoms with E-state index in [4.69, 9.17) is 5.41 Å². The molecule has 42 heavy (non-hydrogen) atoms. The van der Waals surface area contributed by atoms with Gasteiger partial charge >= 0.3 is 71.8 Å². The van der Waals surface area contributed by atoms with E-state index in [1.807, 2.05) is 0 Å². The first kappa shape index (κ1) is 30.1. The molecule has 8 rings (SSSR count). The van der Waals surface area contributed by atoms with Crippen molar-refractivity contribution in [3.05, 3.63) is 100 Å². The van der Waals surface area contributed by atoms with Gasteiger partial charge in [0, 0.05) is 46.3 Å². The largest absolute Gasteiger partial charge is 1.00 e. The predicted molar refractivity (Wildman–Crippen MR) is 153 cm³/mol. The summed E-state index contributed by atoms with van der Waals surface area (Å²) in [5.41, 5.74) is 2.53. The third-order valence-corrected chi connectivity index (χ3v) is 7.63. The van der Waals surface area contributed by atoms with E-state index < -0.39 is 20.4 Å². The summed E-state index contributed by atoms with van der Waals surface area (Å²) in [5.74, 6) is 0. The summed E-state index contributed by atoms with van der Waals surface area (Å²) in [4.78, 5) is 17.1. The van der Waals surface area contributed by atoms with E-state index in [9.17, 15) is 16.8 Å². The molecule has 0 saturated carbocycles. The van der Waals surface area contributed by atoms with E-state index in [1.165, 1.54) is 5.16 Å². The van der Waals surface area contributed by atoms with Gasteiger partial charge in [0.05, 0.1) is 22.1 Å². The Balaban J connectivity index is 0.000000151. The van der Waals surface area contributed by atoms with E-state index in [0.717, 1.165) is 0 Å². The number of benzene rings is 2. The van der Waals surface area contributed by atoms with Crippen LogP contribution in [0.25, 0.3) is 49.0 Å². The average molecular weight is 638 g/mol. The summed E-state index contributed by atoms with van der Waals surface area (Å²) in [6.07, 6.45) is 6.57. The van der Waals surface area contributed by atoms with E-state index in [-0.39, 0.29) is 51.4 Å².